The minimum atomic E-state index is -0.456. The second-order valence-corrected chi connectivity index (χ2v) is 8.18. The molecule has 0 saturated carbocycles. The summed E-state index contributed by atoms with van der Waals surface area (Å²) >= 11 is 0. The first-order valence-electron chi connectivity index (χ1n) is 11.3. The van der Waals surface area contributed by atoms with Gasteiger partial charge in [0.05, 0.1) is 25.1 Å². The normalized spacial score (nSPS) is 15.7. The van der Waals surface area contributed by atoms with Gasteiger partial charge in [-0.25, -0.2) is 9.79 Å². The Morgan fingerprint density at radius 3 is 2.79 bits per heavy atom. The summed E-state index contributed by atoms with van der Waals surface area (Å²) in [5, 5.41) is 16.3. The summed E-state index contributed by atoms with van der Waals surface area (Å²) in [6, 6.07) is 11.0. The van der Waals surface area contributed by atoms with Gasteiger partial charge < -0.3 is 15.0 Å². The summed E-state index contributed by atoms with van der Waals surface area (Å²) in [6.45, 7) is 3.28. The van der Waals surface area contributed by atoms with Crippen LogP contribution >= 0.6 is 0 Å². The molecule has 0 atom stereocenters. The number of nitrogens with one attached hydrogen (secondary N) is 2. The van der Waals surface area contributed by atoms with Crippen molar-refractivity contribution in [3.8, 4) is 0 Å². The predicted octanol–water partition coefficient (Wildman–Crippen LogP) is 4.05. The molecule has 5 rings (SSSR count). The molecule has 0 aromatic heterocycles. The Labute approximate surface area is 197 Å². The predicted molar refractivity (Wildman–Crippen MR) is 134 cm³/mol. The van der Waals surface area contributed by atoms with Gasteiger partial charge in [-0.1, -0.05) is 12.1 Å². The van der Waals surface area contributed by atoms with Gasteiger partial charge in [-0.05, 0) is 48.9 Å². The molecule has 0 bridgehead atoms. The first-order valence-corrected chi connectivity index (χ1v) is 11.3. The van der Waals surface area contributed by atoms with Gasteiger partial charge in [-0.2, -0.15) is 0 Å². The first kappa shape index (κ1) is 23.2. The zero-order chi connectivity index (χ0) is 23.9. The fraction of sp³-hybridized carbons (Fsp3) is 0.375. The van der Waals surface area contributed by atoms with Gasteiger partial charge in [0.1, 0.15) is 5.84 Å². The van der Waals surface area contributed by atoms with Crippen LogP contribution in [0.5, 0.6) is 0 Å². The smallest absolute Gasteiger partial charge is 0.411 e. The number of nitro benzene ring substituents is 1. The summed E-state index contributed by atoms with van der Waals surface area (Å²) in [5.41, 5.74) is 5.43. The van der Waals surface area contributed by atoms with E-state index in [1.807, 2.05) is 24.4 Å². The summed E-state index contributed by atoms with van der Waals surface area (Å²) in [5.74, 6) is 0.870. The molecule has 0 radical (unpaired) electrons. The van der Waals surface area contributed by atoms with Crippen molar-refractivity contribution in [2.45, 2.75) is 25.7 Å². The SMILES string of the molecule is COC(=O)Nc1ccc2c(c1)N(CC1=NCC=N1)CCC2.O=[N+]([O-])c1ccc2c(c1)NCCC2. The molecule has 34 heavy (non-hydrogen) atoms. The molecule has 3 aliphatic heterocycles. The van der Waals surface area contributed by atoms with Crippen LogP contribution in [0.2, 0.25) is 0 Å². The molecule has 10 heteroatoms. The number of hydrogen-bond donors (Lipinski definition) is 2. The van der Waals surface area contributed by atoms with Crippen molar-refractivity contribution in [1.82, 2.24) is 0 Å². The number of nitrogens with zero attached hydrogens (tertiary/aromatic N) is 4. The highest BCUT2D eigenvalue weighted by Crippen LogP contribution is 2.30. The van der Waals surface area contributed by atoms with Crippen LogP contribution in [0.15, 0.2) is 46.4 Å². The highest BCUT2D eigenvalue weighted by Gasteiger charge is 2.19. The second kappa shape index (κ2) is 10.8. The van der Waals surface area contributed by atoms with Crippen molar-refractivity contribution in [3.63, 3.8) is 0 Å². The summed E-state index contributed by atoms with van der Waals surface area (Å²) in [7, 11) is 1.36. The Balaban J connectivity index is 0.000000180. The molecule has 0 spiro atoms. The van der Waals surface area contributed by atoms with Crippen molar-refractivity contribution in [2.24, 2.45) is 9.98 Å². The molecule has 3 aliphatic rings. The number of carbonyl (C=O) groups excluding carboxylic acids is 1. The van der Waals surface area contributed by atoms with Crippen LogP contribution in [0.3, 0.4) is 0 Å². The molecule has 0 unspecified atom stereocenters. The van der Waals surface area contributed by atoms with Crippen molar-refractivity contribution in [3.05, 3.63) is 57.6 Å². The number of nitro groups is 1. The fourth-order valence-electron chi connectivity index (χ4n) is 4.22. The topological polar surface area (TPSA) is 121 Å². The number of carbonyl (C=O) groups is 1. The number of methoxy groups -OCH3 is 1. The maximum Gasteiger partial charge on any atom is 0.411 e. The van der Waals surface area contributed by atoms with Crippen LogP contribution in [0.1, 0.15) is 24.0 Å². The molecule has 2 N–H and O–H groups in total. The molecule has 10 nitrogen and oxygen atoms in total. The minimum absolute atomic E-state index is 0.160. The standard InChI is InChI=1S/C15H18N4O2.C9H10N2O2/c1-21-15(20)18-12-5-4-11-3-2-8-19(13(11)9-12)10-14-16-6-7-17-14;12-11(13)8-4-3-7-2-1-5-10-9(7)6-8/h4-6,9H,2-3,7-8,10H2,1H3,(H,18,20);3-4,6,10H,1-2,5H2. The molecule has 0 aliphatic carbocycles. The lowest BCUT2D eigenvalue weighted by atomic mass is 10.0. The Morgan fingerprint density at radius 1 is 1.21 bits per heavy atom. The quantitative estimate of drug-likeness (QED) is 0.520. The first-order chi connectivity index (χ1) is 16.5. The Bertz CT molecular complexity index is 1130. The van der Waals surface area contributed by atoms with Crippen molar-refractivity contribution in [1.29, 1.82) is 0 Å². The molecular formula is C24H28N6O4. The van der Waals surface area contributed by atoms with Gasteiger partial charge in [-0.3, -0.25) is 20.4 Å². The van der Waals surface area contributed by atoms with E-state index in [1.54, 1.807) is 12.1 Å². The average molecular weight is 465 g/mol. The Kier molecular flexibility index (Phi) is 7.36. The number of ether oxygens (including phenoxy) is 1. The number of rotatable bonds is 4. The van der Waals surface area contributed by atoms with Crippen molar-refractivity contribution >= 4 is 40.9 Å². The van der Waals surface area contributed by atoms with E-state index in [0.717, 1.165) is 61.7 Å². The highest BCUT2D eigenvalue weighted by atomic mass is 16.6. The maximum atomic E-state index is 11.3. The number of aliphatic imine (C=N–C) groups is 2. The van der Waals surface area contributed by atoms with Crippen molar-refractivity contribution in [2.75, 3.05) is 48.8 Å². The van der Waals surface area contributed by atoms with Crippen LogP contribution in [-0.4, -0.2) is 56.4 Å². The van der Waals surface area contributed by atoms with Gasteiger partial charge in [0.2, 0.25) is 0 Å². The van der Waals surface area contributed by atoms with E-state index in [4.69, 9.17) is 0 Å². The van der Waals surface area contributed by atoms with E-state index in [1.165, 1.54) is 18.2 Å². The third kappa shape index (κ3) is 5.69. The number of amides is 1. The molecule has 2 aromatic carbocycles. The van der Waals surface area contributed by atoms with E-state index < -0.39 is 6.09 Å². The molecule has 3 heterocycles. The third-order valence-electron chi connectivity index (χ3n) is 5.90. The number of anilines is 3. The lowest BCUT2D eigenvalue weighted by Gasteiger charge is -2.31. The second-order valence-electron chi connectivity index (χ2n) is 8.18. The molecule has 0 saturated heterocycles. The van der Waals surface area contributed by atoms with Crippen LogP contribution in [0.4, 0.5) is 27.5 Å². The summed E-state index contributed by atoms with van der Waals surface area (Å²) in [6.07, 6.45) is 5.66. The Morgan fingerprint density at radius 2 is 2.03 bits per heavy atom. The molecule has 0 fully saturated rings. The van der Waals surface area contributed by atoms with E-state index in [0.29, 0.717) is 13.1 Å². The van der Waals surface area contributed by atoms with Gasteiger partial charge in [0.15, 0.2) is 0 Å². The number of amidine groups is 1. The monoisotopic (exact) mass is 464 g/mol. The Hall–Kier alpha value is -3.95. The number of hydrogen-bond acceptors (Lipinski definition) is 8. The van der Waals surface area contributed by atoms with Gasteiger partial charge >= 0.3 is 6.09 Å². The van der Waals surface area contributed by atoms with Crippen LogP contribution in [-0.2, 0) is 17.6 Å². The number of benzene rings is 2. The lowest BCUT2D eigenvalue weighted by Crippen LogP contribution is -2.33. The third-order valence-corrected chi connectivity index (χ3v) is 5.90. The summed E-state index contributed by atoms with van der Waals surface area (Å²) < 4.78 is 4.63. The highest BCUT2D eigenvalue weighted by molar-refractivity contribution is 5.97. The number of aryl methyl sites for hydroxylation is 2. The van der Waals surface area contributed by atoms with E-state index >= 15 is 0 Å². The minimum Gasteiger partial charge on any atom is -0.453 e. The molecule has 1 amide bonds. The fourth-order valence-corrected chi connectivity index (χ4v) is 4.22. The van der Waals surface area contributed by atoms with E-state index in [-0.39, 0.29) is 10.6 Å². The van der Waals surface area contributed by atoms with Gasteiger partial charge in [0.25, 0.3) is 5.69 Å². The van der Waals surface area contributed by atoms with Crippen molar-refractivity contribution < 1.29 is 14.5 Å². The zero-order valence-electron chi connectivity index (χ0n) is 19.1. The largest absolute Gasteiger partial charge is 0.453 e. The van der Waals surface area contributed by atoms with Crippen LogP contribution < -0.4 is 15.5 Å². The summed E-state index contributed by atoms with van der Waals surface area (Å²) in [4.78, 5) is 32.3. The van der Waals surface area contributed by atoms with Gasteiger partial charge in [-0.15, -0.1) is 0 Å². The maximum absolute atomic E-state index is 11.3. The molecule has 178 valence electrons. The van der Waals surface area contributed by atoms with Crippen LogP contribution in [0, 0.1) is 10.1 Å². The number of non-ortho nitro benzene ring substituents is 1. The lowest BCUT2D eigenvalue weighted by molar-refractivity contribution is -0.384. The van der Waals surface area contributed by atoms with E-state index in [9.17, 15) is 14.9 Å². The average Bonchev–Trinajstić information content (AvgIpc) is 3.37. The number of fused-ring (bicyclic) bond motifs is 2. The zero-order valence-corrected chi connectivity index (χ0v) is 19.1. The van der Waals surface area contributed by atoms with Gasteiger partial charge in [0, 0.05) is 48.5 Å². The molecular weight excluding hydrogens is 436 g/mol. The molecule has 2 aromatic rings. The van der Waals surface area contributed by atoms with Crippen LogP contribution in [0.25, 0.3) is 0 Å². The van der Waals surface area contributed by atoms with E-state index in [2.05, 4.69) is 36.3 Å².